The van der Waals surface area contributed by atoms with Crippen LogP contribution in [0.5, 0.6) is 0 Å². The van der Waals surface area contributed by atoms with Crippen molar-refractivity contribution in [1.29, 1.82) is 0 Å². The lowest BCUT2D eigenvalue weighted by Crippen LogP contribution is -2.44. The van der Waals surface area contributed by atoms with Crippen LogP contribution < -0.4 is 0 Å². The first-order valence-corrected chi connectivity index (χ1v) is 7.47. The van der Waals surface area contributed by atoms with Crippen molar-refractivity contribution in [3.05, 3.63) is 33.8 Å². The number of aliphatic hydroxyl groups is 1. The fourth-order valence-electron chi connectivity index (χ4n) is 4.11. The predicted octanol–water partition coefficient (Wildman–Crippen LogP) is 5.42. The standard InChI is InChI=1S/C16H22Cl2O/c1-14(2)8-15(3,4)10-16(19,9-14)12-7-11(17)5-6-13(12)18/h5-7,19H,8-10H2,1-4H3. The summed E-state index contributed by atoms with van der Waals surface area (Å²) in [6, 6.07) is 5.34. The molecule has 1 nitrogen and oxygen atoms in total. The highest BCUT2D eigenvalue weighted by Crippen LogP contribution is 2.54. The molecule has 0 heterocycles. The molecular weight excluding hydrogens is 279 g/mol. The van der Waals surface area contributed by atoms with Crippen molar-refractivity contribution >= 4 is 23.2 Å². The Labute approximate surface area is 125 Å². The molecule has 0 unspecified atom stereocenters. The normalized spacial score (nSPS) is 24.2. The van der Waals surface area contributed by atoms with Crippen LogP contribution in [-0.2, 0) is 5.60 Å². The SMILES string of the molecule is CC1(C)CC(C)(C)CC(O)(c2cc(Cl)ccc2Cl)C1. The van der Waals surface area contributed by atoms with E-state index in [0.717, 1.165) is 12.0 Å². The van der Waals surface area contributed by atoms with Gasteiger partial charge in [-0.15, -0.1) is 0 Å². The van der Waals surface area contributed by atoms with Crippen molar-refractivity contribution in [3.8, 4) is 0 Å². The summed E-state index contributed by atoms with van der Waals surface area (Å²) in [5.74, 6) is 0. The Bertz CT molecular complexity index is 476. The van der Waals surface area contributed by atoms with E-state index in [4.69, 9.17) is 23.2 Å². The van der Waals surface area contributed by atoms with Crippen molar-refractivity contribution in [1.82, 2.24) is 0 Å². The molecule has 0 radical (unpaired) electrons. The van der Waals surface area contributed by atoms with Gasteiger partial charge in [-0.1, -0.05) is 50.9 Å². The van der Waals surface area contributed by atoms with Gasteiger partial charge >= 0.3 is 0 Å². The van der Waals surface area contributed by atoms with Crippen LogP contribution >= 0.6 is 23.2 Å². The average Bonchev–Trinajstić information content (AvgIpc) is 2.16. The van der Waals surface area contributed by atoms with E-state index in [-0.39, 0.29) is 10.8 Å². The molecule has 0 aliphatic heterocycles. The van der Waals surface area contributed by atoms with Gasteiger partial charge in [-0.25, -0.2) is 0 Å². The van der Waals surface area contributed by atoms with Crippen molar-refractivity contribution in [2.24, 2.45) is 10.8 Å². The van der Waals surface area contributed by atoms with Crippen LogP contribution in [0.2, 0.25) is 10.0 Å². The number of rotatable bonds is 1. The Balaban J connectivity index is 2.49. The van der Waals surface area contributed by atoms with E-state index in [1.54, 1.807) is 18.2 Å². The van der Waals surface area contributed by atoms with E-state index >= 15 is 0 Å². The molecule has 3 heteroatoms. The summed E-state index contributed by atoms with van der Waals surface area (Å²) in [4.78, 5) is 0. The van der Waals surface area contributed by atoms with Crippen molar-refractivity contribution < 1.29 is 5.11 Å². The Hall–Kier alpha value is -0.240. The first-order chi connectivity index (χ1) is 8.53. The predicted molar refractivity (Wildman–Crippen MR) is 81.8 cm³/mol. The third-order valence-corrected chi connectivity index (χ3v) is 4.49. The van der Waals surface area contributed by atoms with Gasteiger partial charge in [0, 0.05) is 15.6 Å². The largest absolute Gasteiger partial charge is 0.385 e. The fourth-order valence-corrected chi connectivity index (χ4v) is 4.58. The second kappa shape index (κ2) is 4.65. The zero-order chi connectivity index (χ0) is 14.5. The maximum absolute atomic E-state index is 11.2. The van der Waals surface area contributed by atoms with E-state index < -0.39 is 5.60 Å². The van der Waals surface area contributed by atoms with E-state index in [1.165, 1.54) is 0 Å². The van der Waals surface area contributed by atoms with Crippen LogP contribution in [0, 0.1) is 10.8 Å². The highest BCUT2D eigenvalue weighted by molar-refractivity contribution is 6.33. The maximum Gasteiger partial charge on any atom is 0.0921 e. The van der Waals surface area contributed by atoms with Gasteiger partial charge in [-0.05, 0) is 48.3 Å². The Morgan fingerprint density at radius 1 is 0.947 bits per heavy atom. The first kappa shape index (κ1) is 15.2. The van der Waals surface area contributed by atoms with Gasteiger partial charge < -0.3 is 5.11 Å². The topological polar surface area (TPSA) is 20.2 Å². The molecule has 0 amide bonds. The van der Waals surface area contributed by atoms with Crippen molar-refractivity contribution in [3.63, 3.8) is 0 Å². The second-order valence-corrected chi connectivity index (χ2v) is 8.36. The van der Waals surface area contributed by atoms with Gasteiger partial charge in [-0.3, -0.25) is 0 Å². The molecule has 0 bridgehead atoms. The number of hydrogen-bond acceptors (Lipinski definition) is 1. The van der Waals surface area contributed by atoms with Gasteiger partial charge in [0.25, 0.3) is 0 Å². The van der Waals surface area contributed by atoms with Crippen LogP contribution in [0.4, 0.5) is 0 Å². The Morgan fingerprint density at radius 3 is 2.00 bits per heavy atom. The van der Waals surface area contributed by atoms with Crippen molar-refractivity contribution in [2.75, 3.05) is 0 Å². The number of hydrogen-bond donors (Lipinski definition) is 1. The van der Waals surface area contributed by atoms with Gasteiger partial charge in [-0.2, -0.15) is 0 Å². The molecule has 0 saturated heterocycles. The zero-order valence-corrected chi connectivity index (χ0v) is 13.6. The molecule has 1 aliphatic rings. The average molecular weight is 301 g/mol. The monoisotopic (exact) mass is 300 g/mol. The van der Waals surface area contributed by atoms with Crippen LogP contribution in [0.1, 0.15) is 52.5 Å². The molecule has 1 aromatic rings. The molecule has 1 saturated carbocycles. The molecule has 2 rings (SSSR count). The van der Waals surface area contributed by atoms with E-state index in [0.29, 0.717) is 22.9 Å². The highest BCUT2D eigenvalue weighted by atomic mass is 35.5. The summed E-state index contributed by atoms with van der Waals surface area (Å²) in [6.07, 6.45) is 2.52. The van der Waals surface area contributed by atoms with Gasteiger partial charge in [0.2, 0.25) is 0 Å². The number of benzene rings is 1. The molecule has 0 atom stereocenters. The minimum atomic E-state index is -0.896. The Morgan fingerprint density at radius 2 is 1.47 bits per heavy atom. The van der Waals surface area contributed by atoms with E-state index in [9.17, 15) is 5.11 Å². The lowest BCUT2D eigenvalue weighted by molar-refractivity contribution is -0.0912. The summed E-state index contributed by atoms with van der Waals surface area (Å²) in [5, 5.41) is 12.4. The van der Waals surface area contributed by atoms with E-state index in [2.05, 4.69) is 27.7 Å². The number of halogens is 2. The van der Waals surface area contributed by atoms with E-state index in [1.807, 2.05) is 0 Å². The summed E-state index contributed by atoms with van der Waals surface area (Å²) < 4.78 is 0. The van der Waals surface area contributed by atoms with Crippen molar-refractivity contribution in [2.45, 2.75) is 52.6 Å². The molecule has 0 spiro atoms. The fraction of sp³-hybridized carbons (Fsp3) is 0.625. The van der Waals surface area contributed by atoms with Crippen LogP contribution in [-0.4, -0.2) is 5.11 Å². The third-order valence-electron chi connectivity index (χ3n) is 3.93. The van der Waals surface area contributed by atoms with Crippen LogP contribution in [0.3, 0.4) is 0 Å². The molecule has 1 aromatic carbocycles. The quantitative estimate of drug-likeness (QED) is 0.734. The first-order valence-electron chi connectivity index (χ1n) is 6.71. The summed E-state index contributed by atoms with van der Waals surface area (Å²) in [7, 11) is 0. The summed E-state index contributed by atoms with van der Waals surface area (Å²) >= 11 is 12.4. The van der Waals surface area contributed by atoms with Gasteiger partial charge in [0.1, 0.15) is 0 Å². The zero-order valence-electron chi connectivity index (χ0n) is 12.1. The molecule has 1 aliphatic carbocycles. The summed E-state index contributed by atoms with van der Waals surface area (Å²) in [6.45, 7) is 8.82. The summed E-state index contributed by atoms with van der Waals surface area (Å²) in [5.41, 5.74) is 0.0415. The minimum absolute atomic E-state index is 0.0855. The molecule has 1 N–H and O–H groups in total. The molecule has 0 aromatic heterocycles. The molecular formula is C16H22Cl2O. The molecule has 1 fully saturated rings. The second-order valence-electron chi connectivity index (χ2n) is 7.51. The minimum Gasteiger partial charge on any atom is -0.385 e. The van der Waals surface area contributed by atoms with Crippen LogP contribution in [0.15, 0.2) is 18.2 Å². The highest BCUT2D eigenvalue weighted by Gasteiger charge is 2.48. The maximum atomic E-state index is 11.2. The van der Waals surface area contributed by atoms with Gasteiger partial charge in [0.15, 0.2) is 0 Å². The van der Waals surface area contributed by atoms with Crippen LogP contribution in [0.25, 0.3) is 0 Å². The Kier molecular flexibility index (Phi) is 3.71. The van der Waals surface area contributed by atoms with Gasteiger partial charge in [0.05, 0.1) is 5.60 Å². The molecule has 106 valence electrons. The lowest BCUT2D eigenvalue weighted by Gasteiger charge is -2.50. The molecule has 19 heavy (non-hydrogen) atoms. The smallest absolute Gasteiger partial charge is 0.0921 e. The third kappa shape index (κ3) is 3.26. The lowest BCUT2D eigenvalue weighted by atomic mass is 9.58.